The molecule has 1 unspecified atom stereocenters. The van der Waals surface area contributed by atoms with Gasteiger partial charge in [-0.15, -0.1) is 4.28 Å². The van der Waals surface area contributed by atoms with Crippen LogP contribution >= 0.6 is 0 Å². The van der Waals surface area contributed by atoms with Gasteiger partial charge in [0, 0.05) is 30.1 Å². The van der Waals surface area contributed by atoms with Crippen LogP contribution in [0.25, 0.3) is 0 Å². The normalized spacial score (nSPS) is 23.2. The SMILES string of the molecule is CCCCS(=O)(=O)ON(c1cccc2c1CN(C1CCC(=O)NC1=O)C2=O)C1CCC(NC(=O)OC(C)(C)C)CC1. The molecule has 2 fully saturated rings. The van der Waals surface area contributed by atoms with E-state index >= 15 is 0 Å². The Hall–Kier alpha value is -3.19. The van der Waals surface area contributed by atoms with E-state index in [1.807, 2.05) is 6.92 Å². The van der Waals surface area contributed by atoms with E-state index in [0.29, 0.717) is 55.3 Å². The number of hydrogen-bond acceptors (Lipinski definition) is 9. The second-order valence-corrected chi connectivity index (χ2v) is 13.5. The van der Waals surface area contributed by atoms with Gasteiger partial charge in [0.1, 0.15) is 11.6 Å². The summed E-state index contributed by atoms with van der Waals surface area (Å²) in [6.07, 6.45) is 3.19. The molecule has 0 aromatic heterocycles. The average Bonchev–Trinajstić information content (AvgIpc) is 3.22. The fourth-order valence-corrected chi connectivity index (χ4v) is 6.65. The first-order valence-corrected chi connectivity index (χ1v) is 15.8. The monoisotopic (exact) mass is 592 g/mol. The van der Waals surface area contributed by atoms with Crippen molar-refractivity contribution >= 4 is 39.6 Å². The number of amides is 4. The third kappa shape index (κ3) is 7.56. The third-order valence-electron chi connectivity index (χ3n) is 7.49. The van der Waals surface area contributed by atoms with Crippen LogP contribution in [0.15, 0.2) is 18.2 Å². The van der Waals surface area contributed by atoms with Crippen LogP contribution in [0.2, 0.25) is 0 Å². The Kier molecular flexibility index (Phi) is 9.27. The minimum Gasteiger partial charge on any atom is -0.444 e. The molecule has 1 aromatic rings. The fraction of sp³-hybridized carbons (Fsp3) is 0.643. The van der Waals surface area contributed by atoms with E-state index in [0.717, 1.165) is 0 Å². The minimum absolute atomic E-state index is 0.0844. The van der Waals surface area contributed by atoms with Crippen LogP contribution in [0.5, 0.6) is 0 Å². The summed E-state index contributed by atoms with van der Waals surface area (Å²) in [7, 11) is -3.94. The van der Waals surface area contributed by atoms with E-state index in [1.165, 1.54) is 9.96 Å². The third-order valence-corrected chi connectivity index (χ3v) is 8.66. The second-order valence-electron chi connectivity index (χ2n) is 11.9. The van der Waals surface area contributed by atoms with Crippen LogP contribution in [0.1, 0.15) is 95.0 Å². The molecule has 2 aliphatic heterocycles. The van der Waals surface area contributed by atoms with Gasteiger partial charge in [-0.25, -0.2) is 9.86 Å². The van der Waals surface area contributed by atoms with Crippen molar-refractivity contribution in [3.05, 3.63) is 29.3 Å². The minimum atomic E-state index is -3.94. The highest BCUT2D eigenvalue weighted by Crippen LogP contribution is 2.38. The highest BCUT2D eigenvalue weighted by Gasteiger charge is 2.42. The molecule has 3 aliphatic rings. The van der Waals surface area contributed by atoms with Crippen LogP contribution in [-0.4, -0.2) is 66.6 Å². The predicted molar refractivity (Wildman–Crippen MR) is 150 cm³/mol. The molecule has 1 saturated heterocycles. The van der Waals surface area contributed by atoms with E-state index in [9.17, 15) is 27.6 Å². The largest absolute Gasteiger partial charge is 0.444 e. The number of anilines is 1. The quantitative estimate of drug-likeness (QED) is 0.325. The van der Waals surface area contributed by atoms with Crippen molar-refractivity contribution in [3.8, 4) is 0 Å². The van der Waals surface area contributed by atoms with Gasteiger partial charge in [-0.2, -0.15) is 8.42 Å². The van der Waals surface area contributed by atoms with Crippen molar-refractivity contribution in [2.75, 3.05) is 10.8 Å². The maximum atomic E-state index is 13.4. The van der Waals surface area contributed by atoms with Crippen molar-refractivity contribution in [1.82, 2.24) is 15.5 Å². The number of imide groups is 1. The highest BCUT2D eigenvalue weighted by atomic mass is 32.2. The average molecular weight is 593 g/mol. The Labute approximate surface area is 241 Å². The number of piperidine rings is 1. The zero-order chi connectivity index (χ0) is 29.9. The van der Waals surface area contributed by atoms with Gasteiger partial charge < -0.3 is 15.0 Å². The van der Waals surface area contributed by atoms with E-state index in [4.69, 9.17) is 9.02 Å². The molecule has 1 atom stereocenters. The standard InChI is InChI=1S/C28H40N4O8S/c1-5-6-16-41(37,38)40-32(19-12-10-18(11-13-19)29-27(36)39-28(2,3)4)22-9-7-8-20-21(22)17-31(26(20)35)23-14-15-24(33)30-25(23)34/h7-9,18-19,23H,5-6,10-17H2,1-4H3,(H,29,36)(H,30,33,34). The number of hydroxylamine groups is 1. The molecule has 1 saturated carbocycles. The van der Waals surface area contributed by atoms with Gasteiger partial charge in [0.2, 0.25) is 11.8 Å². The highest BCUT2D eigenvalue weighted by molar-refractivity contribution is 7.86. The maximum Gasteiger partial charge on any atom is 0.407 e. The molecule has 4 rings (SSSR count). The molecule has 12 nitrogen and oxygen atoms in total. The first-order valence-electron chi connectivity index (χ1n) is 14.3. The van der Waals surface area contributed by atoms with Crippen LogP contribution in [0.3, 0.4) is 0 Å². The Morgan fingerprint density at radius 2 is 1.83 bits per heavy atom. The van der Waals surface area contributed by atoms with Gasteiger partial charge in [0.05, 0.1) is 17.5 Å². The molecule has 1 aromatic carbocycles. The number of rotatable bonds is 9. The van der Waals surface area contributed by atoms with Crippen LogP contribution < -0.4 is 15.7 Å². The summed E-state index contributed by atoms with van der Waals surface area (Å²) in [4.78, 5) is 51.3. The predicted octanol–water partition coefficient (Wildman–Crippen LogP) is 3.15. The Bertz CT molecular complexity index is 1280. The van der Waals surface area contributed by atoms with Crippen molar-refractivity contribution in [1.29, 1.82) is 0 Å². The second kappa shape index (κ2) is 12.4. The molecule has 0 radical (unpaired) electrons. The summed E-state index contributed by atoms with van der Waals surface area (Å²) in [5.41, 5.74) is 0.772. The lowest BCUT2D eigenvalue weighted by atomic mass is 9.90. The Morgan fingerprint density at radius 1 is 1.12 bits per heavy atom. The molecule has 1 aliphatic carbocycles. The number of ether oxygens (including phenoxy) is 1. The zero-order valence-corrected chi connectivity index (χ0v) is 24.9. The molecule has 0 spiro atoms. The molecule has 2 N–H and O–H groups in total. The van der Waals surface area contributed by atoms with Gasteiger partial charge in [-0.1, -0.05) is 19.4 Å². The lowest BCUT2D eigenvalue weighted by molar-refractivity contribution is -0.136. The number of alkyl carbamates (subject to hydrolysis) is 1. The molecule has 2 heterocycles. The fourth-order valence-electron chi connectivity index (χ4n) is 5.48. The summed E-state index contributed by atoms with van der Waals surface area (Å²) in [6, 6.07) is 3.78. The molecular weight excluding hydrogens is 552 g/mol. The number of unbranched alkanes of at least 4 members (excludes halogenated alkanes) is 1. The summed E-state index contributed by atoms with van der Waals surface area (Å²) in [5.74, 6) is -1.39. The number of benzene rings is 1. The first kappa shape index (κ1) is 30.8. The van der Waals surface area contributed by atoms with Gasteiger partial charge in [0.25, 0.3) is 16.0 Å². The van der Waals surface area contributed by atoms with E-state index in [2.05, 4.69) is 10.6 Å². The molecule has 4 amide bonds. The van der Waals surface area contributed by atoms with E-state index in [-0.39, 0.29) is 49.0 Å². The van der Waals surface area contributed by atoms with E-state index < -0.39 is 33.8 Å². The number of fused-ring (bicyclic) bond motifs is 1. The lowest BCUT2D eigenvalue weighted by Gasteiger charge is -2.37. The number of nitrogens with zero attached hydrogens (tertiary/aromatic N) is 2. The summed E-state index contributed by atoms with van der Waals surface area (Å²) in [6.45, 7) is 7.36. The molecule has 0 bridgehead atoms. The van der Waals surface area contributed by atoms with Crippen molar-refractivity contribution in [3.63, 3.8) is 0 Å². The molecule has 226 valence electrons. The van der Waals surface area contributed by atoms with Gasteiger partial charge in [-0.3, -0.25) is 19.7 Å². The number of hydrogen-bond donors (Lipinski definition) is 2. The summed E-state index contributed by atoms with van der Waals surface area (Å²) < 4.78 is 37.2. The molecule has 13 heteroatoms. The van der Waals surface area contributed by atoms with Crippen LogP contribution in [0, 0.1) is 0 Å². The smallest absolute Gasteiger partial charge is 0.407 e. The molecule has 41 heavy (non-hydrogen) atoms. The van der Waals surface area contributed by atoms with Gasteiger partial charge in [0.15, 0.2) is 0 Å². The number of nitrogens with one attached hydrogen (secondary N) is 2. The Balaban J connectivity index is 1.57. The Morgan fingerprint density at radius 3 is 2.46 bits per heavy atom. The number of carbonyl (C=O) groups is 4. The lowest BCUT2D eigenvalue weighted by Crippen LogP contribution is -2.52. The van der Waals surface area contributed by atoms with Crippen LogP contribution in [-0.2, 0) is 35.3 Å². The van der Waals surface area contributed by atoms with Crippen molar-refractivity contribution < 1.29 is 36.6 Å². The summed E-state index contributed by atoms with van der Waals surface area (Å²) >= 11 is 0. The number of carbonyl (C=O) groups excluding carboxylic acids is 4. The van der Waals surface area contributed by atoms with Gasteiger partial charge in [-0.05, 0) is 71.4 Å². The maximum absolute atomic E-state index is 13.4. The van der Waals surface area contributed by atoms with Crippen molar-refractivity contribution in [2.24, 2.45) is 0 Å². The first-order chi connectivity index (χ1) is 19.3. The van der Waals surface area contributed by atoms with Crippen LogP contribution in [0.4, 0.5) is 10.5 Å². The molecular formula is C28H40N4O8S. The topological polar surface area (TPSA) is 151 Å². The van der Waals surface area contributed by atoms with Gasteiger partial charge >= 0.3 is 6.09 Å². The zero-order valence-electron chi connectivity index (χ0n) is 24.1. The van der Waals surface area contributed by atoms with E-state index in [1.54, 1.807) is 39.0 Å². The van der Waals surface area contributed by atoms with Crippen molar-refractivity contribution in [2.45, 2.75) is 109 Å². The summed E-state index contributed by atoms with van der Waals surface area (Å²) in [5, 5.41) is 6.61.